The van der Waals surface area contributed by atoms with Gasteiger partial charge in [0, 0.05) is 23.9 Å². The molecule has 2 aromatic carbocycles. The first-order valence-electron chi connectivity index (χ1n) is 6.76. The van der Waals surface area contributed by atoms with Gasteiger partial charge < -0.3 is 20.6 Å². The van der Waals surface area contributed by atoms with Crippen LogP contribution in [0.15, 0.2) is 47.6 Å². The molecule has 1 heterocycles. The molecule has 0 unspecified atom stereocenters. The predicted octanol–water partition coefficient (Wildman–Crippen LogP) is 2.48. The van der Waals surface area contributed by atoms with Gasteiger partial charge in [0.2, 0.25) is 0 Å². The van der Waals surface area contributed by atoms with E-state index < -0.39 is 0 Å². The highest BCUT2D eigenvalue weighted by atomic mass is 16.5. The Morgan fingerprint density at radius 2 is 2.05 bits per heavy atom. The van der Waals surface area contributed by atoms with Crippen molar-refractivity contribution in [3.8, 4) is 5.75 Å². The molecule has 0 bridgehead atoms. The highest BCUT2D eigenvalue weighted by molar-refractivity contribution is 6.03. The van der Waals surface area contributed by atoms with E-state index in [1.807, 2.05) is 24.3 Å². The van der Waals surface area contributed by atoms with E-state index in [4.69, 9.17) is 15.7 Å². The van der Waals surface area contributed by atoms with Crippen molar-refractivity contribution in [3.05, 3.63) is 53.6 Å². The van der Waals surface area contributed by atoms with Crippen LogP contribution >= 0.6 is 0 Å². The minimum absolute atomic E-state index is 0.0945. The number of amidine groups is 1. The second-order valence-electron chi connectivity index (χ2n) is 4.90. The van der Waals surface area contributed by atoms with Crippen molar-refractivity contribution in [3.63, 3.8) is 0 Å². The summed E-state index contributed by atoms with van der Waals surface area (Å²) >= 11 is 0. The third kappa shape index (κ3) is 2.27. The topological polar surface area (TPSA) is 71.1 Å². The number of para-hydroxylation sites is 1. The molecule has 21 heavy (non-hydrogen) atoms. The average Bonchev–Trinajstić information content (AvgIpc) is 2.97. The first-order valence-corrected chi connectivity index (χ1v) is 6.76. The van der Waals surface area contributed by atoms with Crippen LogP contribution in [0.3, 0.4) is 0 Å². The smallest absolute Gasteiger partial charge is 0.172 e. The van der Waals surface area contributed by atoms with Crippen LogP contribution in [0.2, 0.25) is 0 Å². The van der Waals surface area contributed by atoms with Gasteiger partial charge in [0.1, 0.15) is 5.75 Å². The number of methoxy groups -OCH3 is 1. The summed E-state index contributed by atoms with van der Waals surface area (Å²) in [5.41, 5.74) is 9.83. The van der Waals surface area contributed by atoms with E-state index in [0.717, 1.165) is 30.1 Å². The molecule has 5 heteroatoms. The van der Waals surface area contributed by atoms with E-state index in [9.17, 15) is 0 Å². The molecule has 0 atom stereocenters. The summed E-state index contributed by atoms with van der Waals surface area (Å²) in [6.07, 6.45) is 0.975. The molecule has 0 amide bonds. The van der Waals surface area contributed by atoms with Crippen molar-refractivity contribution in [2.24, 2.45) is 10.9 Å². The second-order valence-corrected chi connectivity index (χ2v) is 4.90. The molecule has 2 aromatic rings. The molecule has 0 fully saturated rings. The van der Waals surface area contributed by atoms with Gasteiger partial charge in [-0.05, 0) is 30.2 Å². The van der Waals surface area contributed by atoms with Crippen molar-refractivity contribution in [2.45, 2.75) is 6.42 Å². The molecular formula is C16H17N3O2. The third-order valence-corrected chi connectivity index (χ3v) is 3.77. The molecule has 0 aliphatic carbocycles. The Labute approximate surface area is 123 Å². The van der Waals surface area contributed by atoms with Gasteiger partial charge in [0.15, 0.2) is 5.84 Å². The summed E-state index contributed by atoms with van der Waals surface area (Å²) in [5, 5.41) is 12.1. The lowest BCUT2D eigenvalue weighted by Crippen LogP contribution is -2.21. The normalized spacial score (nSPS) is 14.1. The van der Waals surface area contributed by atoms with Crippen LogP contribution in [-0.2, 0) is 6.42 Å². The maximum atomic E-state index is 8.99. The molecule has 1 aliphatic heterocycles. The van der Waals surface area contributed by atoms with Gasteiger partial charge in [-0.1, -0.05) is 23.4 Å². The molecule has 0 aromatic heterocycles. The lowest BCUT2D eigenvalue weighted by Gasteiger charge is -2.23. The molecule has 3 rings (SSSR count). The van der Waals surface area contributed by atoms with E-state index >= 15 is 0 Å². The Morgan fingerprint density at radius 1 is 1.24 bits per heavy atom. The zero-order valence-corrected chi connectivity index (χ0v) is 11.8. The van der Waals surface area contributed by atoms with Gasteiger partial charge in [0.05, 0.1) is 12.8 Å². The van der Waals surface area contributed by atoms with Crippen LogP contribution in [0.5, 0.6) is 5.75 Å². The Morgan fingerprint density at radius 3 is 2.81 bits per heavy atom. The zero-order chi connectivity index (χ0) is 14.8. The number of rotatable bonds is 3. The number of fused-ring (bicyclic) bond motifs is 1. The third-order valence-electron chi connectivity index (χ3n) is 3.77. The summed E-state index contributed by atoms with van der Waals surface area (Å²) in [6, 6.07) is 13.8. The summed E-state index contributed by atoms with van der Waals surface area (Å²) in [5.74, 6) is 0.834. The van der Waals surface area contributed by atoms with E-state index in [2.05, 4.69) is 22.2 Å². The Kier molecular flexibility index (Phi) is 3.39. The van der Waals surface area contributed by atoms with Crippen LogP contribution in [0.1, 0.15) is 11.1 Å². The minimum atomic E-state index is 0.0945. The first-order chi connectivity index (χ1) is 10.2. The number of nitrogens with zero attached hydrogens (tertiary/aromatic N) is 2. The number of hydrogen-bond acceptors (Lipinski definition) is 4. The lowest BCUT2D eigenvalue weighted by molar-refractivity contribution is 0.318. The van der Waals surface area contributed by atoms with Crippen molar-refractivity contribution in [1.29, 1.82) is 0 Å². The minimum Gasteiger partial charge on any atom is -0.497 e. The largest absolute Gasteiger partial charge is 0.497 e. The SMILES string of the molecule is COc1ccc(/C(N)=N/O)c(N2CCc3ccccc32)c1. The van der Waals surface area contributed by atoms with Gasteiger partial charge in [-0.25, -0.2) is 0 Å². The van der Waals surface area contributed by atoms with Crippen LogP contribution in [-0.4, -0.2) is 24.7 Å². The monoisotopic (exact) mass is 283 g/mol. The van der Waals surface area contributed by atoms with Crippen LogP contribution in [0, 0.1) is 0 Å². The maximum Gasteiger partial charge on any atom is 0.172 e. The highest BCUT2D eigenvalue weighted by Crippen LogP contribution is 2.37. The molecule has 0 saturated heterocycles. The molecule has 1 aliphatic rings. The molecule has 5 nitrogen and oxygen atoms in total. The summed E-state index contributed by atoms with van der Waals surface area (Å²) in [4.78, 5) is 2.17. The Bertz CT molecular complexity index is 698. The number of anilines is 2. The van der Waals surface area contributed by atoms with Crippen LogP contribution < -0.4 is 15.4 Å². The molecule has 0 saturated carbocycles. The lowest BCUT2D eigenvalue weighted by atomic mass is 10.1. The first kappa shape index (κ1) is 13.3. The molecule has 108 valence electrons. The fourth-order valence-corrected chi connectivity index (χ4v) is 2.72. The fraction of sp³-hybridized carbons (Fsp3) is 0.188. The number of ether oxygens (including phenoxy) is 1. The van der Waals surface area contributed by atoms with Crippen molar-refractivity contribution < 1.29 is 9.94 Å². The van der Waals surface area contributed by atoms with Gasteiger partial charge in [-0.2, -0.15) is 0 Å². The summed E-state index contributed by atoms with van der Waals surface area (Å²) in [6.45, 7) is 0.859. The molecule has 3 N–H and O–H groups in total. The van der Waals surface area contributed by atoms with E-state index in [0.29, 0.717) is 5.56 Å². The quantitative estimate of drug-likeness (QED) is 0.393. The van der Waals surface area contributed by atoms with Crippen LogP contribution in [0.4, 0.5) is 11.4 Å². The highest BCUT2D eigenvalue weighted by Gasteiger charge is 2.23. The van der Waals surface area contributed by atoms with Gasteiger partial charge >= 0.3 is 0 Å². The van der Waals surface area contributed by atoms with E-state index in [-0.39, 0.29) is 5.84 Å². The van der Waals surface area contributed by atoms with E-state index in [1.165, 1.54) is 5.56 Å². The van der Waals surface area contributed by atoms with Gasteiger partial charge in [-0.15, -0.1) is 0 Å². The maximum absolute atomic E-state index is 8.99. The standard InChI is InChI=1S/C16H17N3O2/c1-21-12-6-7-13(16(17)18-20)15(10-12)19-9-8-11-4-2-3-5-14(11)19/h2-7,10,20H,8-9H2,1H3,(H2,17,18). The molecule has 0 spiro atoms. The molecule has 0 radical (unpaired) electrons. The Balaban J connectivity index is 2.13. The van der Waals surface area contributed by atoms with Crippen molar-refractivity contribution in [1.82, 2.24) is 0 Å². The van der Waals surface area contributed by atoms with Crippen molar-refractivity contribution >= 4 is 17.2 Å². The Hall–Kier alpha value is -2.69. The zero-order valence-electron chi connectivity index (χ0n) is 11.8. The predicted molar refractivity (Wildman–Crippen MR) is 82.7 cm³/mol. The number of hydrogen-bond donors (Lipinski definition) is 2. The second kappa shape index (κ2) is 5.36. The van der Waals surface area contributed by atoms with Crippen molar-refractivity contribution in [2.75, 3.05) is 18.6 Å². The van der Waals surface area contributed by atoms with Gasteiger partial charge in [0.25, 0.3) is 0 Å². The van der Waals surface area contributed by atoms with Gasteiger partial charge in [-0.3, -0.25) is 0 Å². The number of nitrogens with two attached hydrogens (primary N) is 1. The fourth-order valence-electron chi connectivity index (χ4n) is 2.72. The number of benzene rings is 2. The summed E-state index contributed by atoms with van der Waals surface area (Å²) in [7, 11) is 1.63. The number of oxime groups is 1. The summed E-state index contributed by atoms with van der Waals surface area (Å²) < 4.78 is 5.30. The van der Waals surface area contributed by atoms with Crippen LogP contribution in [0.25, 0.3) is 0 Å². The average molecular weight is 283 g/mol. The van der Waals surface area contributed by atoms with E-state index in [1.54, 1.807) is 13.2 Å². The molecular weight excluding hydrogens is 266 g/mol.